The number of aryl methyl sites for hydroxylation is 1. The van der Waals surface area contributed by atoms with Crippen LogP contribution in [0.5, 0.6) is 0 Å². The lowest BCUT2D eigenvalue weighted by Crippen LogP contribution is -2.54. The van der Waals surface area contributed by atoms with Crippen LogP contribution < -0.4 is 5.32 Å². The number of hydrogen-bond donors (Lipinski definition) is 3. The van der Waals surface area contributed by atoms with Gasteiger partial charge in [0.15, 0.2) is 14.2 Å². The average molecular weight is 664 g/mol. The van der Waals surface area contributed by atoms with Gasteiger partial charge < -0.3 is 24.1 Å². The lowest BCUT2D eigenvalue weighted by molar-refractivity contribution is 0.00343. The number of thioether (sulfide) groups is 1. The lowest BCUT2D eigenvalue weighted by atomic mass is 10.1. The van der Waals surface area contributed by atoms with E-state index in [1.54, 1.807) is 23.7 Å². The summed E-state index contributed by atoms with van der Waals surface area (Å²) >= 11 is 3.02. The SMILES string of the molecule is CSc1nc(C)c(-c2nc3cnccc3s2)c(N[C@@H]2C[C@H](CO[Si](O[SiH](C(C)C)C(C)C)(C(C)C)C(C)C)[C@@H](O)[C@H]2O)n1. The van der Waals surface area contributed by atoms with Crippen LogP contribution in [0.4, 0.5) is 5.82 Å². The summed E-state index contributed by atoms with van der Waals surface area (Å²) in [6.07, 6.45) is 4.10. The third-order valence-corrected chi connectivity index (χ3v) is 19.2. The third kappa shape index (κ3) is 7.35. The molecular weight excluding hydrogens is 615 g/mol. The summed E-state index contributed by atoms with van der Waals surface area (Å²) in [6, 6.07) is 1.54. The van der Waals surface area contributed by atoms with Gasteiger partial charge >= 0.3 is 8.56 Å². The number of thiazole rings is 1. The van der Waals surface area contributed by atoms with Crippen molar-refractivity contribution >= 4 is 56.7 Å². The van der Waals surface area contributed by atoms with Gasteiger partial charge in [0, 0.05) is 18.7 Å². The summed E-state index contributed by atoms with van der Waals surface area (Å²) in [5.41, 5.74) is 3.96. The summed E-state index contributed by atoms with van der Waals surface area (Å²) in [4.78, 5) is 18.5. The van der Waals surface area contributed by atoms with Crippen LogP contribution in [0.2, 0.25) is 22.2 Å². The predicted molar refractivity (Wildman–Crippen MR) is 183 cm³/mol. The van der Waals surface area contributed by atoms with Crippen molar-refractivity contribution in [3.8, 4) is 10.6 Å². The maximum absolute atomic E-state index is 11.2. The average Bonchev–Trinajstić information content (AvgIpc) is 3.48. The Hall–Kier alpha value is -1.46. The Balaban J connectivity index is 1.58. The highest BCUT2D eigenvalue weighted by Crippen LogP contribution is 2.41. The van der Waals surface area contributed by atoms with E-state index in [1.807, 2.05) is 19.2 Å². The smallest absolute Gasteiger partial charge is 0.333 e. The molecule has 4 rings (SSSR count). The molecule has 0 unspecified atom stereocenters. The van der Waals surface area contributed by atoms with Crippen LogP contribution in [-0.2, 0) is 8.54 Å². The minimum Gasteiger partial charge on any atom is -0.437 e. The van der Waals surface area contributed by atoms with Crippen LogP contribution in [0.25, 0.3) is 20.8 Å². The molecule has 238 valence electrons. The Morgan fingerprint density at radius 3 is 2.30 bits per heavy atom. The first-order chi connectivity index (χ1) is 20.3. The number of aliphatic hydroxyl groups is 2. The van der Waals surface area contributed by atoms with Gasteiger partial charge in [0.25, 0.3) is 0 Å². The second kappa shape index (κ2) is 14.3. The van der Waals surface area contributed by atoms with Crippen LogP contribution in [-0.4, -0.2) is 78.9 Å². The molecule has 43 heavy (non-hydrogen) atoms. The van der Waals surface area contributed by atoms with Crippen LogP contribution in [0.15, 0.2) is 23.6 Å². The molecule has 3 N–H and O–H groups in total. The van der Waals surface area contributed by atoms with Gasteiger partial charge in [-0.1, -0.05) is 67.2 Å². The Labute approximate surface area is 267 Å². The molecule has 1 aliphatic carbocycles. The first kappa shape index (κ1) is 34.4. The number of aromatic nitrogens is 4. The highest BCUT2D eigenvalue weighted by atomic mass is 32.2. The molecule has 0 spiro atoms. The van der Waals surface area contributed by atoms with E-state index >= 15 is 0 Å². The van der Waals surface area contributed by atoms with E-state index in [2.05, 4.69) is 70.7 Å². The zero-order chi connectivity index (χ0) is 31.6. The minimum absolute atomic E-state index is 0.237. The summed E-state index contributed by atoms with van der Waals surface area (Å²) < 4.78 is 15.0. The van der Waals surface area contributed by atoms with E-state index in [9.17, 15) is 10.2 Å². The van der Waals surface area contributed by atoms with E-state index in [0.29, 0.717) is 35.1 Å². The summed E-state index contributed by atoms with van der Waals surface area (Å²) in [7, 11) is -4.17. The first-order valence-electron chi connectivity index (χ1n) is 15.4. The van der Waals surface area contributed by atoms with Crippen molar-refractivity contribution in [2.45, 2.75) is 114 Å². The number of pyridine rings is 1. The first-order valence-corrected chi connectivity index (χ1v) is 21.2. The zero-order valence-electron chi connectivity index (χ0n) is 27.2. The van der Waals surface area contributed by atoms with E-state index in [1.165, 1.54) is 11.8 Å². The maximum atomic E-state index is 11.2. The van der Waals surface area contributed by atoms with Gasteiger partial charge in [0.1, 0.15) is 22.4 Å². The quantitative estimate of drug-likeness (QED) is 0.106. The Morgan fingerprint density at radius 2 is 1.72 bits per heavy atom. The molecule has 0 amide bonds. The summed E-state index contributed by atoms with van der Waals surface area (Å²) in [5, 5.41) is 27.4. The standard InChI is InChI=1S/C30H49N5O4S2Si2/c1-16(2)42(17(3)4)39-43(18(5)6,19(7)8)38-15-21-13-22(27(37)26(21)36)33-28-25(20(9)32-30(35-28)40-10)29-34-23-14-31-12-11-24(23)41-29/h11-12,14,16-19,21-22,26-27,36-37,42H,13,15H2,1-10H3,(H,32,33,35)/t21-,22-,26-,27+/m1/s1. The summed E-state index contributed by atoms with van der Waals surface area (Å²) in [5.74, 6) is 0.374. The molecule has 1 fully saturated rings. The second-order valence-corrected chi connectivity index (χ2v) is 23.4. The summed E-state index contributed by atoms with van der Waals surface area (Å²) in [6.45, 7) is 20.2. The second-order valence-electron chi connectivity index (χ2n) is 13.0. The van der Waals surface area contributed by atoms with Gasteiger partial charge in [0.05, 0.1) is 34.3 Å². The van der Waals surface area contributed by atoms with Gasteiger partial charge in [-0.3, -0.25) is 4.98 Å². The number of nitrogens with zero attached hydrogens (tertiary/aromatic N) is 4. The van der Waals surface area contributed by atoms with Crippen molar-refractivity contribution in [3.63, 3.8) is 0 Å². The molecule has 3 aromatic rings. The van der Waals surface area contributed by atoms with E-state index in [0.717, 1.165) is 26.5 Å². The Kier molecular flexibility index (Phi) is 11.5. The Morgan fingerprint density at radius 1 is 1.05 bits per heavy atom. The van der Waals surface area contributed by atoms with Gasteiger partial charge in [-0.25, -0.2) is 15.0 Å². The molecule has 3 aromatic heterocycles. The maximum Gasteiger partial charge on any atom is 0.333 e. The van der Waals surface area contributed by atoms with Crippen LogP contribution in [0.1, 0.15) is 67.5 Å². The molecular formula is C30H49N5O4S2Si2. The number of aliphatic hydroxyl groups excluding tert-OH is 2. The highest BCUT2D eigenvalue weighted by molar-refractivity contribution is 7.98. The number of anilines is 1. The molecule has 0 aromatic carbocycles. The van der Waals surface area contributed by atoms with Crippen molar-refractivity contribution in [2.75, 3.05) is 18.2 Å². The van der Waals surface area contributed by atoms with Crippen molar-refractivity contribution < 1.29 is 18.8 Å². The monoisotopic (exact) mass is 663 g/mol. The van der Waals surface area contributed by atoms with Crippen molar-refractivity contribution in [1.82, 2.24) is 19.9 Å². The number of fused-ring (bicyclic) bond motifs is 1. The normalized spacial score (nSPS) is 21.4. The van der Waals surface area contributed by atoms with Crippen LogP contribution >= 0.6 is 23.1 Å². The number of rotatable bonds is 13. The highest BCUT2D eigenvalue weighted by Gasteiger charge is 2.50. The van der Waals surface area contributed by atoms with Gasteiger partial charge in [-0.05, 0) is 47.8 Å². The van der Waals surface area contributed by atoms with Crippen LogP contribution in [0, 0.1) is 12.8 Å². The Bertz CT molecular complexity index is 1330. The lowest BCUT2D eigenvalue weighted by Gasteiger charge is -2.43. The molecule has 1 saturated carbocycles. The van der Waals surface area contributed by atoms with Crippen molar-refractivity contribution in [3.05, 3.63) is 24.2 Å². The van der Waals surface area contributed by atoms with Crippen LogP contribution in [0.3, 0.4) is 0 Å². The molecule has 13 heteroatoms. The van der Waals surface area contributed by atoms with E-state index < -0.39 is 35.9 Å². The van der Waals surface area contributed by atoms with Gasteiger partial charge in [-0.2, -0.15) is 0 Å². The predicted octanol–water partition coefficient (Wildman–Crippen LogP) is 6.54. The minimum atomic E-state index is -2.63. The molecule has 0 saturated heterocycles. The fourth-order valence-corrected chi connectivity index (χ4v) is 18.1. The zero-order valence-corrected chi connectivity index (χ0v) is 30.9. The molecule has 0 aliphatic heterocycles. The van der Waals surface area contributed by atoms with Gasteiger partial charge in [0.2, 0.25) is 0 Å². The van der Waals surface area contributed by atoms with E-state index in [4.69, 9.17) is 18.5 Å². The van der Waals surface area contributed by atoms with Crippen molar-refractivity contribution in [1.29, 1.82) is 0 Å². The molecule has 3 heterocycles. The molecule has 9 nitrogen and oxygen atoms in total. The largest absolute Gasteiger partial charge is 0.437 e. The molecule has 0 bridgehead atoms. The van der Waals surface area contributed by atoms with E-state index in [-0.39, 0.29) is 17.0 Å². The van der Waals surface area contributed by atoms with Crippen molar-refractivity contribution in [2.24, 2.45) is 5.92 Å². The molecule has 1 aliphatic rings. The topological polar surface area (TPSA) is 123 Å². The fourth-order valence-electron chi connectivity index (χ4n) is 6.29. The third-order valence-electron chi connectivity index (χ3n) is 8.55. The molecule has 4 atom stereocenters. The number of hydrogen-bond acceptors (Lipinski definition) is 11. The van der Waals surface area contributed by atoms with Gasteiger partial charge in [-0.15, -0.1) is 11.3 Å². The number of nitrogens with one attached hydrogen (secondary N) is 1. The molecule has 0 radical (unpaired) electrons. The fraction of sp³-hybridized carbons (Fsp3) is 0.667.